The molecule has 0 aromatic carbocycles. The van der Waals surface area contributed by atoms with Gasteiger partial charge in [-0.3, -0.25) is 0 Å². The van der Waals surface area contributed by atoms with Crippen molar-refractivity contribution in [3.8, 4) is 0 Å². The fraction of sp³-hybridized carbons (Fsp3) is 0.500. The molecular formula is C12H20O. The first-order valence-corrected chi connectivity index (χ1v) is 4.99. The smallest absolute Gasteiger partial charge is 0.0465 e. The topological polar surface area (TPSA) is 20.2 Å². The van der Waals surface area contributed by atoms with Crippen LogP contribution in [0, 0.1) is 0 Å². The highest BCUT2D eigenvalue weighted by Crippen LogP contribution is 1.94. The lowest BCUT2D eigenvalue weighted by molar-refractivity contribution is 0.302. The molecule has 0 aliphatic heterocycles. The van der Waals surface area contributed by atoms with Gasteiger partial charge in [-0.15, -0.1) is 0 Å². The predicted molar refractivity (Wildman–Crippen MR) is 58.6 cm³/mol. The van der Waals surface area contributed by atoms with Crippen LogP contribution in [-0.4, -0.2) is 11.7 Å². The lowest BCUT2D eigenvalue weighted by atomic mass is 10.2. The van der Waals surface area contributed by atoms with E-state index in [0.717, 1.165) is 25.7 Å². The van der Waals surface area contributed by atoms with E-state index >= 15 is 0 Å². The fourth-order valence-corrected chi connectivity index (χ4v) is 0.892. The van der Waals surface area contributed by atoms with Crippen LogP contribution in [0.4, 0.5) is 0 Å². The van der Waals surface area contributed by atoms with Gasteiger partial charge in [-0.1, -0.05) is 43.4 Å². The molecule has 0 radical (unpaired) electrons. The zero-order valence-electron chi connectivity index (χ0n) is 8.45. The van der Waals surface area contributed by atoms with Crippen LogP contribution in [0.3, 0.4) is 0 Å². The van der Waals surface area contributed by atoms with Gasteiger partial charge in [0, 0.05) is 6.61 Å². The molecule has 13 heavy (non-hydrogen) atoms. The van der Waals surface area contributed by atoms with E-state index in [1.165, 1.54) is 0 Å². The zero-order valence-corrected chi connectivity index (χ0v) is 8.45. The lowest BCUT2D eigenvalue weighted by Crippen LogP contribution is -1.75. The Kier molecular flexibility index (Phi) is 10.5. The summed E-state index contributed by atoms with van der Waals surface area (Å²) in [5.41, 5.74) is 0. The summed E-state index contributed by atoms with van der Waals surface area (Å²) in [5, 5.41) is 8.49. The van der Waals surface area contributed by atoms with Crippen molar-refractivity contribution in [3.05, 3.63) is 36.5 Å². The van der Waals surface area contributed by atoms with Gasteiger partial charge in [0.1, 0.15) is 0 Å². The number of aliphatic hydroxyl groups excluding tert-OH is 1. The van der Waals surface area contributed by atoms with Gasteiger partial charge in [0.15, 0.2) is 0 Å². The minimum atomic E-state index is 0.256. The summed E-state index contributed by atoms with van der Waals surface area (Å²) >= 11 is 0. The van der Waals surface area contributed by atoms with Crippen LogP contribution >= 0.6 is 0 Å². The van der Waals surface area contributed by atoms with Crippen molar-refractivity contribution in [2.24, 2.45) is 0 Å². The second-order valence-electron chi connectivity index (χ2n) is 2.83. The summed E-state index contributed by atoms with van der Waals surface area (Å²) in [6, 6.07) is 0. The minimum absolute atomic E-state index is 0.256. The molecule has 0 aliphatic rings. The van der Waals surface area contributed by atoms with Crippen LogP contribution in [0.1, 0.15) is 32.6 Å². The number of rotatable bonds is 7. The molecule has 0 saturated carbocycles. The highest BCUT2D eigenvalue weighted by Gasteiger charge is 1.76. The van der Waals surface area contributed by atoms with Crippen LogP contribution in [-0.2, 0) is 0 Å². The molecule has 0 spiro atoms. The van der Waals surface area contributed by atoms with Crippen molar-refractivity contribution in [3.63, 3.8) is 0 Å². The van der Waals surface area contributed by atoms with Crippen molar-refractivity contribution in [1.82, 2.24) is 0 Å². The van der Waals surface area contributed by atoms with Crippen LogP contribution in [0.25, 0.3) is 0 Å². The molecule has 74 valence electrons. The molecule has 1 nitrogen and oxygen atoms in total. The third-order valence-corrected chi connectivity index (χ3v) is 1.58. The molecule has 1 N–H and O–H groups in total. The Bertz CT molecular complexity index is 166. The van der Waals surface area contributed by atoms with Gasteiger partial charge in [0.2, 0.25) is 0 Å². The average molecular weight is 180 g/mol. The summed E-state index contributed by atoms with van der Waals surface area (Å²) in [6.45, 7) is 2.38. The fourth-order valence-electron chi connectivity index (χ4n) is 0.892. The van der Waals surface area contributed by atoms with Gasteiger partial charge in [0.05, 0.1) is 0 Å². The minimum Gasteiger partial charge on any atom is -0.396 e. The highest BCUT2D eigenvalue weighted by molar-refractivity contribution is 5.02. The highest BCUT2D eigenvalue weighted by atomic mass is 16.2. The van der Waals surface area contributed by atoms with E-state index < -0.39 is 0 Å². The summed E-state index contributed by atoms with van der Waals surface area (Å²) in [5.74, 6) is 0. The van der Waals surface area contributed by atoms with Gasteiger partial charge < -0.3 is 5.11 Å². The number of unbranched alkanes of at least 4 members (excludes halogenated alkanes) is 1. The van der Waals surface area contributed by atoms with E-state index in [2.05, 4.69) is 37.3 Å². The van der Waals surface area contributed by atoms with Crippen molar-refractivity contribution >= 4 is 0 Å². The molecule has 0 aliphatic carbocycles. The molecule has 0 rings (SSSR count). The molecule has 0 fully saturated rings. The second-order valence-corrected chi connectivity index (χ2v) is 2.83. The van der Waals surface area contributed by atoms with E-state index in [1.54, 1.807) is 0 Å². The predicted octanol–water partition coefficient (Wildman–Crippen LogP) is 3.23. The van der Waals surface area contributed by atoms with Gasteiger partial charge in [-0.2, -0.15) is 0 Å². The van der Waals surface area contributed by atoms with Gasteiger partial charge >= 0.3 is 0 Å². The zero-order chi connectivity index (χ0) is 9.78. The summed E-state index contributed by atoms with van der Waals surface area (Å²) in [6.07, 6.45) is 16.6. The molecule has 0 atom stereocenters. The maximum absolute atomic E-state index is 8.49. The number of hydrogen-bond acceptors (Lipinski definition) is 1. The normalized spacial score (nSPS) is 12.5. The second kappa shape index (κ2) is 11.2. The first-order chi connectivity index (χ1) is 6.41. The lowest BCUT2D eigenvalue weighted by Gasteiger charge is -1.86. The summed E-state index contributed by atoms with van der Waals surface area (Å²) in [4.78, 5) is 0. The van der Waals surface area contributed by atoms with Crippen LogP contribution in [0.2, 0.25) is 0 Å². The van der Waals surface area contributed by atoms with Crippen LogP contribution in [0.5, 0.6) is 0 Å². The molecule has 0 aromatic rings. The largest absolute Gasteiger partial charge is 0.396 e. The Labute approximate surface area is 81.5 Å². The number of aliphatic hydroxyl groups is 1. The number of hydrogen-bond donors (Lipinski definition) is 1. The average Bonchev–Trinajstić information content (AvgIpc) is 2.16. The van der Waals surface area contributed by atoms with Crippen molar-refractivity contribution in [2.75, 3.05) is 6.61 Å². The standard InChI is InChI=1S/C12H20O/c1-2-3-4-5-6-7-8-9-10-11-12-13/h3-6,9-10,13H,2,7-8,11-12H2,1H3. The molecule has 1 heteroatoms. The SMILES string of the molecule is CCC=CC=CCCC=CCCO. The number of allylic oxidation sites excluding steroid dienone is 5. The van der Waals surface area contributed by atoms with Crippen molar-refractivity contribution < 1.29 is 5.11 Å². The monoisotopic (exact) mass is 180 g/mol. The summed E-state index contributed by atoms with van der Waals surface area (Å²) < 4.78 is 0. The van der Waals surface area contributed by atoms with E-state index in [9.17, 15) is 0 Å². The molecule has 0 amide bonds. The third-order valence-electron chi connectivity index (χ3n) is 1.58. The van der Waals surface area contributed by atoms with E-state index in [1.807, 2.05) is 6.08 Å². The van der Waals surface area contributed by atoms with E-state index in [0.29, 0.717) is 0 Å². The van der Waals surface area contributed by atoms with Crippen molar-refractivity contribution in [1.29, 1.82) is 0 Å². The third kappa shape index (κ3) is 11.2. The maximum Gasteiger partial charge on any atom is 0.0465 e. The molecule has 0 aromatic heterocycles. The van der Waals surface area contributed by atoms with Gasteiger partial charge in [-0.25, -0.2) is 0 Å². The van der Waals surface area contributed by atoms with Gasteiger partial charge in [-0.05, 0) is 25.7 Å². The van der Waals surface area contributed by atoms with Crippen LogP contribution in [0.15, 0.2) is 36.5 Å². The Balaban J connectivity index is 3.24. The molecule has 0 heterocycles. The quantitative estimate of drug-likeness (QED) is 0.362. The first kappa shape index (κ1) is 12.2. The summed E-state index contributed by atoms with van der Waals surface area (Å²) in [7, 11) is 0. The maximum atomic E-state index is 8.49. The molecule has 0 unspecified atom stereocenters. The first-order valence-electron chi connectivity index (χ1n) is 4.99. The molecule has 0 bridgehead atoms. The van der Waals surface area contributed by atoms with E-state index in [4.69, 9.17) is 5.11 Å². The Hall–Kier alpha value is -0.820. The van der Waals surface area contributed by atoms with E-state index in [-0.39, 0.29) is 6.61 Å². The van der Waals surface area contributed by atoms with Crippen LogP contribution < -0.4 is 0 Å². The Morgan fingerprint density at radius 2 is 1.46 bits per heavy atom. The Morgan fingerprint density at radius 1 is 0.846 bits per heavy atom. The molecular weight excluding hydrogens is 160 g/mol. The van der Waals surface area contributed by atoms with Gasteiger partial charge in [0.25, 0.3) is 0 Å². The molecule has 0 saturated heterocycles. The van der Waals surface area contributed by atoms with Crippen molar-refractivity contribution in [2.45, 2.75) is 32.6 Å². The Morgan fingerprint density at radius 3 is 2.15 bits per heavy atom.